The molecule has 6 heteroatoms. The van der Waals surface area contributed by atoms with E-state index in [0.29, 0.717) is 0 Å². The molecule has 1 aliphatic rings. The second-order valence-electron chi connectivity index (χ2n) is 6.21. The second kappa shape index (κ2) is 8.65. The van der Waals surface area contributed by atoms with Crippen molar-refractivity contribution in [1.82, 2.24) is 14.8 Å². The lowest BCUT2D eigenvalue weighted by Crippen LogP contribution is -2.45. The van der Waals surface area contributed by atoms with E-state index in [1.54, 1.807) is 14.2 Å². The first-order chi connectivity index (χ1) is 12.2. The van der Waals surface area contributed by atoms with Crippen molar-refractivity contribution < 1.29 is 9.47 Å². The van der Waals surface area contributed by atoms with Crippen molar-refractivity contribution in [2.75, 3.05) is 40.4 Å². The van der Waals surface area contributed by atoms with Crippen LogP contribution in [0.3, 0.4) is 0 Å². The zero-order chi connectivity index (χ0) is 17.6. The van der Waals surface area contributed by atoms with Gasteiger partial charge in [-0.15, -0.1) is 0 Å². The Balaban J connectivity index is 1.57. The highest BCUT2D eigenvalue weighted by Crippen LogP contribution is 2.34. The van der Waals surface area contributed by atoms with Crippen molar-refractivity contribution in [1.29, 1.82) is 0 Å². The molecule has 0 atom stereocenters. The van der Waals surface area contributed by atoms with E-state index in [9.17, 15) is 0 Å². The number of halogens is 1. The smallest absolute Gasteiger partial charge is 0.161 e. The largest absolute Gasteiger partial charge is 0.493 e. The molecule has 25 heavy (non-hydrogen) atoms. The molecule has 0 unspecified atom stereocenters. The van der Waals surface area contributed by atoms with E-state index in [0.717, 1.165) is 55.2 Å². The molecule has 0 aliphatic carbocycles. The average Bonchev–Trinajstić information content (AvgIpc) is 2.65. The van der Waals surface area contributed by atoms with Crippen LogP contribution >= 0.6 is 15.9 Å². The molecule has 1 saturated heterocycles. The zero-order valence-corrected chi connectivity index (χ0v) is 16.3. The van der Waals surface area contributed by atoms with Gasteiger partial charge in [-0.1, -0.05) is 15.9 Å². The first kappa shape index (κ1) is 18.2. The Bertz CT molecular complexity index is 689. The molecule has 1 fully saturated rings. The minimum Gasteiger partial charge on any atom is -0.493 e. The van der Waals surface area contributed by atoms with Gasteiger partial charge in [0.25, 0.3) is 0 Å². The van der Waals surface area contributed by atoms with Crippen LogP contribution < -0.4 is 9.47 Å². The molecule has 0 N–H and O–H groups in total. The fourth-order valence-corrected chi connectivity index (χ4v) is 3.56. The van der Waals surface area contributed by atoms with Crippen LogP contribution in [0.25, 0.3) is 0 Å². The third-order valence-electron chi connectivity index (χ3n) is 4.57. The van der Waals surface area contributed by atoms with Crippen molar-refractivity contribution in [2.45, 2.75) is 13.1 Å². The highest BCUT2D eigenvalue weighted by atomic mass is 79.9. The number of hydrogen-bond donors (Lipinski definition) is 0. The lowest BCUT2D eigenvalue weighted by atomic mass is 10.1. The fraction of sp³-hybridized carbons (Fsp3) is 0.421. The Morgan fingerprint density at radius 3 is 2.08 bits per heavy atom. The monoisotopic (exact) mass is 405 g/mol. The van der Waals surface area contributed by atoms with Crippen LogP contribution in [-0.4, -0.2) is 55.2 Å². The third-order valence-corrected chi connectivity index (χ3v) is 5.31. The first-order valence-electron chi connectivity index (χ1n) is 8.43. The Labute approximate surface area is 157 Å². The van der Waals surface area contributed by atoms with Gasteiger partial charge in [-0.05, 0) is 35.4 Å². The van der Waals surface area contributed by atoms with Gasteiger partial charge in [0, 0.05) is 56.1 Å². The Morgan fingerprint density at radius 2 is 1.48 bits per heavy atom. The van der Waals surface area contributed by atoms with Crippen LogP contribution in [0.4, 0.5) is 0 Å². The predicted octanol–water partition coefficient (Wildman–Crippen LogP) is 3.18. The summed E-state index contributed by atoms with van der Waals surface area (Å²) in [6.45, 7) is 6.18. The maximum atomic E-state index is 5.43. The predicted molar refractivity (Wildman–Crippen MR) is 102 cm³/mol. The Hall–Kier alpha value is -1.63. The molecule has 0 saturated carbocycles. The summed E-state index contributed by atoms with van der Waals surface area (Å²) in [5.41, 5.74) is 2.55. The molecule has 0 amide bonds. The van der Waals surface area contributed by atoms with E-state index >= 15 is 0 Å². The van der Waals surface area contributed by atoms with E-state index in [4.69, 9.17) is 9.47 Å². The average molecular weight is 406 g/mol. The molecule has 0 radical (unpaired) electrons. The van der Waals surface area contributed by atoms with Gasteiger partial charge in [0.05, 0.1) is 14.2 Å². The molecule has 0 spiro atoms. The number of rotatable bonds is 6. The van der Waals surface area contributed by atoms with Crippen molar-refractivity contribution in [3.8, 4) is 11.5 Å². The minimum atomic E-state index is 0.750. The van der Waals surface area contributed by atoms with Gasteiger partial charge in [-0.3, -0.25) is 14.8 Å². The normalized spacial score (nSPS) is 16.0. The summed E-state index contributed by atoms with van der Waals surface area (Å²) in [6, 6.07) is 8.22. The number of benzene rings is 1. The molecule has 2 aromatic rings. The highest BCUT2D eigenvalue weighted by molar-refractivity contribution is 9.10. The van der Waals surface area contributed by atoms with Crippen LogP contribution in [-0.2, 0) is 13.1 Å². The first-order valence-corrected chi connectivity index (χ1v) is 9.23. The molecular weight excluding hydrogens is 382 g/mol. The summed E-state index contributed by atoms with van der Waals surface area (Å²) in [7, 11) is 3.33. The minimum absolute atomic E-state index is 0.750. The number of piperazine rings is 1. The molecule has 0 bridgehead atoms. The van der Waals surface area contributed by atoms with Crippen LogP contribution in [0.5, 0.6) is 11.5 Å². The van der Waals surface area contributed by atoms with Crippen LogP contribution in [0.1, 0.15) is 11.1 Å². The van der Waals surface area contributed by atoms with Gasteiger partial charge in [0.2, 0.25) is 0 Å². The quantitative estimate of drug-likeness (QED) is 0.737. The van der Waals surface area contributed by atoms with E-state index in [1.165, 1.54) is 11.1 Å². The standard InChI is InChI=1S/C19H24BrN3O2/c1-24-18-11-16(17(20)12-19(18)25-2)14-23-9-7-22(8-10-23)13-15-3-5-21-6-4-15/h3-6,11-12H,7-10,13-14H2,1-2H3. The van der Waals surface area contributed by atoms with Crippen molar-refractivity contribution >= 4 is 15.9 Å². The number of pyridine rings is 1. The number of hydrogen-bond acceptors (Lipinski definition) is 5. The van der Waals surface area contributed by atoms with Gasteiger partial charge in [0.15, 0.2) is 11.5 Å². The summed E-state index contributed by atoms with van der Waals surface area (Å²) in [5, 5.41) is 0. The van der Waals surface area contributed by atoms with Gasteiger partial charge >= 0.3 is 0 Å². The van der Waals surface area contributed by atoms with Crippen molar-refractivity contribution in [3.63, 3.8) is 0 Å². The topological polar surface area (TPSA) is 37.8 Å². The molecular formula is C19H24BrN3O2. The molecule has 2 heterocycles. The molecule has 1 aromatic carbocycles. The van der Waals surface area contributed by atoms with Gasteiger partial charge in [-0.2, -0.15) is 0 Å². The SMILES string of the molecule is COc1cc(Br)c(CN2CCN(Cc3ccncc3)CC2)cc1OC. The van der Waals surface area contributed by atoms with Gasteiger partial charge < -0.3 is 9.47 Å². The fourth-order valence-electron chi connectivity index (χ4n) is 3.11. The summed E-state index contributed by atoms with van der Waals surface area (Å²) < 4.78 is 11.8. The van der Waals surface area contributed by atoms with E-state index in [1.807, 2.05) is 18.5 Å². The lowest BCUT2D eigenvalue weighted by molar-refractivity contribution is 0.121. The van der Waals surface area contributed by atoms with E-state index in [-0.39, 0.29) is 0 Å². The summed E-state index contributed by atoms with van der Waals surface area (Å²) in [6.07, 6.45) is 3.72. The Kier molecular flexibility index (Phi) is 6.29. The van der Waals surface area contributed by atoms with Gasteiger partial charge in [-0.25, -0.2) is 0 Å². The summed E-state index contributed by atoms with van der Waals surface area (Å²) >= 11 is 3.66. The summed E-state index contributed by atoms with van der Waals surface area (Å²) in [5.74, 6) is 1.53. The maximum Gasteiger partial charge on any atom is 0.161 e. The van der Waals surface area contributed by atoms with Crippen LogP contribution in [0.2, 0.25) is 0 Å². The third kappa shape index (κ3) is 4.71. The number of nitrogens with zero attached hydrogens (tertiary/aromatic N) is 3. The van der Waals surface area contributed by atoms with Crippen molar-refractivity contribution in [3.05, 3.63) is 52.3 Å². The molecule has 3 rings (SSSR count). The molecule has 134 valence electrons. The maximum absolute atomic E-state index is 5.43. The van der Waals surface area contributed by atoms with Crippen molar-refractivity contribution in [2.24, 2.45) is 0 Å². The van der Waals surface area contributed by atoms with Crippen LogP contribution in [0, 0.1) is 0 Å². The molecule has 1 aromatic heterocycles. The van der Waals surface area contributed by atoms with E-state index in [2.05, 4.69) is 48.9 Å². The number of methoxy groups -OCH3 is 2. The number of ether oxygens (including phenoxy) is 2. The highest BCUT2D eigenvalue weighted by Gasteiger charge is 2.19. The number of aromatic nitrogens is 1. The molecule has 5 nitrogen and oxygen atoms in total. The summed E-state index contributed by atoms with van der Waals surface area (Å²) in [4.78, 5) is 9.06. The van der Waals surface area contributed by atoms with E-state index < -0.39 is 0 Å². The zero-order valence-electron chi connectivity index (χ0n) is 14.7. The lowest BCUT2D eigenvalue weighted by Gasteiger charge is -2.35. The molecule has 1 aliphatic heterocycles. The second-order valence-corrected chi connectivity index (χ2v) is 7.06. The Morgan fingerprint density at radius 1 is 0.920 bits per heavy atom. The van der Waals surface area contributed by atoms with Crippen LogP contribution in [0.15, 0.2) is 41.1 Å². The van der Waals surface area contributed by atoms with Gasteiger partial charge in [0.1, 0.15) is 0 Å².